The number of aryl methyl sites for hydroxylation is 1. The van der Waals surface area contributed by atoms with Gasteiger partial charge in [-0.3, -0.25) is 14.0 Å². The van der Waals surface area contributed by atoms with Gasteiger partial charge in [0.2, 0.25) is 5.91 Å². The molecule has 0 unspecified atom stereocenters. The fourth-order valence-corrected chi connectivity index (χ4v) is 4.46. The first-order valence-electron chi connectivity index (χ1n) is 11.0. The summed E-state index contributed by atoms with van der Waals surface area (Å²) in [4.78, 5) is 19.9. The lowest BCUT2D eigenvalue weighted by atomic mass is 10.0. The fraction of sp³-hybridized carbons (Fsp3) is 0.0741. The molecule has 7 nitrogen and oxygen atoms in total. The maximum Gasteiger partial charge on any atom is 0.221 e. The highest BCUT2D eigenvalue weighted by molar-refractivity contribution is 5.98. The van der Waals surface area contributed by atoms with Crippen molar-refractivity contribution in [2.45, 2.75) is 6.92 Å². The van der Waals surface area contributed by atoms with Gasteiger partial charge >= 0.3 is 0 Å². The van der Waals surface area contributed by atoms with E-state index in [4.69, 9.17) is 0 Å². The molecule has 7 heteroatoms. The van der Waals surface area contributed by atoms with Gasteiger partial charge < -0.3 is 10.3 Å². The number of aromatic amines is 1. The van der Waals surface area contributed by atoms with Gasteiger partial charge in [0, 0.05) is 59.8 Å². The van der Waals surface area contributed by atoms with Crippen LogP contribution in [0, 0.1) is 0 Å². The Morgan fingerprint density at radius 2 is 1.88 bits per heavy atom. The van der Waals surface area contributed by atoms with Crippen LogP contribution in [-0.2, 0) is 11.8 Å². The number of hydrogen-bond acceptors (Lipinski definition) is 3. The van der Waals surface area contributed by atoms with Crippen LogP contribution in [0.25, 0.3) is 49.9 Å². The van der Waals surface area contributed by atoms with Crippen molar-refractivity contribution in [1.29, 1.82) is 0 Å². The maximum atomic E-state index is 11.9. The smallest absolute Gasteiger partial charge is 0.221 e. The van der Waals surface area contributed by atoms with Crippen molar-refractivity contribution in [2.75, 3.05) is 5.32 Å². The van der Waals surface area contributed by atoms with Crippen molar-refractivity contribution in [2.24, 2.45) is 7.05 Å². The molecule has 3 heterocycles. The third-order valence-corrected chi connectivity index (χ3v) is 6.00. The van der Waals surface area contributed by atoms with Crippen molar-refractivity contribution >= 4 is 33.5 Å². The van der Waals surface area contributed by atoms with Crippen LogP contribution in [-0.4, -0.2) is 30.2 Å². The molecule has 0 spiro atoms. The molecule has 0 saturated carbocycles. The molecule has 0 aliphatic carbocycles. The van der Waals surface area contributed by atoms with Gasteiger partial charge in [0.15, 0.2) is 0 Å². The highest BCUT2D eigenvalue weighted by Crippen LogP contribution is 2.33. The lowest BCUT2D eigenvalue weighted by molar-refractivity contribution is -0.114. The summed E-state index contributed by atoms with van der Waals surface area (Å²) in [6.07, 6.45) is 7.67. The SMILES string of the molecule is CC(=O)Nc1cc(-c2c[nH]c3ccccc23)cc(-n2cnc3cc(-c4cnn(C)c4)ccc32)c1. The number of H-pyrrole nitrogens is 1. The van der Waals surface area contributed by atoms with E-state index in [0.717, 1.165) is 55.6 Å². The summed E-state index contributed by atoms with van der Waals surface area (Å²) in [5.74, 6) is -0.112. The van der Waals surface area contributed by atoms with Crippen LogP contribution >= 0.6 is 0 Å². The second-order valence-electron chi connectivity index (χ2n) is 8.42. The molecule has 6 rings (SSSR count). The number of anilines is 1. The van der Waals surface area contributed by atoms with Gasteiger partial charge in [-0.1, -0.05) is 24.3 Å². The Morgan fingerprint density at radius 3 is 2.71 bits per heavy atom. The molecule has 6 aromatic rings. The van der Waals surface area contributed by atoms with E-state index in [1.807, 2.05) is 60.8 Å². The minimum atomic E-state index is -0.112. The molecule has 3 aromatic heterocycles. The summed E-state index contributed by atoms with van der Waals surface area (Å²) in [6, 6.07) is 20.5. The highest BCUT2D eigenvalue weighted by atomic mass is 16.1. The molecule has 0 aliphatic heterocycles. The van der Waals surface area contributed by atoms with Gasteiger partial charge in [-0.05, 0) is 47.5 Å². The minimum Gasteiger partial charge on any atom is -0.361 e. The lowest BCUT2D eigenvalue weighted by Gasteiger charge is -2.12. The number of nitrogens with zero attached hydrogens (tertiary/aromatic N) is 4. The molecular weight excluding hydrogens is 424 g/mol. The third-order valence-electron chi connectivity index (χ3n) is 6.00. The van der Waals surface area contributed by atoms with E-state index in [-0.39, 0.29) is 5.91 Å². The van der Waals surface area contributed by atoms with Crippen molar-refractivity contribution in [1.82, 2.24) is 24.3 Å². The Labute approximate surface area is 195 Å². The predicted octanol–water partition coefficient (Wildman–Crippen LogP) is 5.53. The van der Waals surface area contributed by atoms with Crippen molar-refractivity contribution < 1.29 is 4.79 Å². The minimum absolute atomic E-state index is 0.112. The first kappa shape index (κ1) is 20.0. The van der Waals surface area contributed by atoms with Crippen LogP contribution < -0.4 is 5.32 Å². The van der Waals surface area contributed by atoms with Crippen LogP contribution in [0.2, 0.25) is 0 Å². The number of rotatable bonds is 4. The van der Waals surface area contributed by atoms with Crippen LogP contribution in [0.3, 0.4) is 0 Å². The molecule has 0 fully saturated rings. The quantitative estimate of drug-likeness (QED) is 0.373. The number of nitrogens with one attached hydrogen (secondary N) is 2. The van der Waals surface area contributed by atoms with E-state index in [2.05, 4.69) is 56.8 Å². The molecule has 0 bridgehead atoms. The molecule has 0 saturated heterocycles. The highest BCUT2D eigenvalue weighted by Gasteiger charge is 2.13. The second-order valence-corrected chi connectivity index (χ2v) is 8.42. The predicted molar refractivity (Wildman–Crippen MR) is 135 cm³/mol. The van der Waals surface area contributed by atoms with Gasteiger partial charge in [0.1, 0.15) is 6.33 Å². The van der Waals surface area contributed by atoms with E-state index in [1.54, 1.807) is 4.68 Å². The number of benzene rings is 3. The molecule has 1 amide bonds. The van der Waals surface area contributed by atoms with Gasteiger partial charge in [0.25, 0.3) is 0 Å². The van der Waals surface area contributed by atoms with Gasteiger partial charge in [-0.15, -0.1) is 0 Å². The summed E-state index contributed by atoms with van der Waals surface area (Å²) in [6.45, 7) is 1.52. The van der Waals surface area contributed by atoms with Gasteiger partial charge in [-0.25, -0.2) is 4.98 Å². The molecule has 3 aromatic carbocycles. The molecular formula is C27H22N6O. The summed E-state index contributed by atoms with van der Waals surface area (Å²) >= 11 is 0. The normalized spacial score (nSPS) is 11.4. The largest absolute Gasteiger partial charge is 0.361 e. The average molecular weight is 447 g/mol. The fourth-order valence-electron chi connectivity index (χ4n) is 4.46. The van der Waals surface area contributed by atoms with E-state index >= 15 is 0 Å². The zero-order chi connectivity index (χ0) is 23.2. The number of hydrogen-bond donors (Lipinski definition) is 2. The first-order valence-corrected chi connectivity index (χ1v) is 11.0. The average Bonchev–Trinajstić information content (AvgIpc) is 3.56. The number of imidazole rings is 1. The van der Waals surface area contributed by atoms with E-state index < -0.39 is 0 Å². The van der Waals surface area contributed by atoms with E-state index in [9.17, 15) is 4.79 Å². The number of aromatic nitrogens is 5. The summed E-state index contributed by atoms with van der Waals surface area (Å²) < 4.78 is 3.84. The summed E-state index contributed by atoms with van der Waals surface area (Å²) in [7, 11) is 1.91. The Hall–Kier alpha value is -4.65. The third kappa shape index (κ3) is 3.44. The number of fused-ring (bicyclic) bond motifs is 2. The van der Waals surface area contributed by atoms with E-state index in [0.29, 0.717) is 0 Å². The molecule has 34 heavy (non-hydrogen) atoms. The molecule has 166 valence electrons. The first-order chi connectivity index (χ1) is 16.5. The monoisotopic (exact) mass is 446 g/mol. The number of amides is 1. The number of carbonyl (C=O) groups is 1. The van der Waals surface area contributed by atoms with Crippen LogP contribution in [0.4, 0.5) is 5.69 Å². The molecule has 0 radical (unpaired) electrons. The number of para-hydroxylation sites is 1. The van der Waals surface area contributed by atoms with Crippen molar-refractivity contribution in [3.05, 3.63) is 85.6 Å². The Bertz CT molecular complexity index is 1690. The van der Waals surface area contributed by atoms with Crippen LogP contribution in [0.1, 0.15) is 6.92 Å². The zero-order valence-electron chi connectivity index (χ0n) is 18.8. The topological polar surface area (TPSA) is 80.5 Å². The van der Waals surface area contributed by atoms with Gasteiger partial charge in [-0.2, -0.15) is 5.10 Å². The molecule has 2 N–H and O–H groups in total. The second kappa shape index (κ2) is 7.74. The zero-order valence-corrected chi connectivity index (χ0v) is 18.8. The summed E-state index contributed by atoms with van der Waals surface area (Å²) in [5.41, 5.74) is 8.80. The van der Waals surface area contributed by atoms with Crippen LogP contribution in [0.15, 0.2) is 85.6 Å². The molecule has 0 aliphatic rings. The Morgan fingerprint density at radius 1 is 1.00 bits per heavy atom. The van der Waals surface area contributed by atoms with Crippen LogP contribution in [0.5, 0.6) is 0 Å². The lowest BCUT2D eigenvalue weighted by Crippen LogP contribution is -2.06. The maximum absolute atomic E-state index is 11.9. The standard InChI is InChI=1S/C27H22N6O/c1-17(34)31-21-9-19(24-14-28-25-6-4-3-5-23(24)25)10-22(12-21)33-16-29-26-11-18(7-8-27(26)33)20-13-30-32(2)15-20/h3-16,28H,1-2H3,(H,31,34). The Kier molecular flexibility index (Phi) is 4.55. The Balaban J connectivity index is 1.50. The number of carbonyl (C=O) groups excluding carboxylic acids is 1. The van der Waals surface area contributed by atoms with E-state index in [1.165, 1.54) is 6.92 Å². The summed E-state index contributed by atoms with van der Waals surface area (Å²) in [5, 5.41) is 8.34. The van der Waals surface area contributed by atoms with Crippen molar-refractivity contribution in [3.63, 3.8) is 0 Å². The van der Waals surface area contributed by atoms with Gasteiger partial charge in [0.05, 0.1) is 17.2 Å². The molecule has 0 atom stereocenters. The van der Waals surface area contributed by atoms with Crippen molar-refractivity contribution in [3.8, 4) is 27.9 Å².